The molecule has 0 heterocycles. The minimum Gasteiger partial charge on any atom is -0.478 e. The summed E-state index contributed by atoms with van der Waals surface area (Å²) in [4.78, 5) is 11.1. The molecule has 1 aromatic carbocycles. The van der Waals surface area contributed by atoms with Crippen molar-refractivity contribution >= 4 is 17.3 Å². The number of aliphatic hydroxyl groups is 1. The number of hydrogen-bond acceptors (Lipinski definition) is 4. The predicted molar refractivity (Wildman–Crippen MR) is 69.8 cm³/mol. The van der Waals surface area contributed by atoms with Crippen molar-refractivity contribution < 1.29 is 15.0 Å². The number of aliphatic hydroxyl groups excluding tert-OH is 1. The van der Waals surface area contributed by atoms with Crippen molar-refractivity contribution in [2.45, 2.75) is 31.7 Å². The molecule has 0 radical (unpaired) electrons. The molecule has 0 bridgehead atoms. The van der Waals surface area contributed by atoms with Gasteiger partial charge >= 0.3 is 5.97 Å². The van der Waals surface area contributed by atoms with Crippen molar-refractivity contribution in [2.75, 3.05) is 17.7 Å². The average molecular weight is 250 g/mol. The molecular formula is C13H18N2O3. The van der Waals surface area contributed by atoms with E-state index in [9.17, 15) is 9.90 Å². The fourth-order valence-electron chi connectivity index (χ4n) is 2.28. The summed E-state index contributed by atoms with van der Waals surface area (Å²) in [6.45, 7) is 1.83. The van der Waals surface area contributed by atoms with Gasteiger partial charge in [0.25, 0.3) is 0 Å². The number of nitrogens with two attached hydrogens (primary N) is 1. The molecule has 1 fully saturated rings. The zero-order valence-corrected chi connectivity index (χ0v) is 10.4. The van der Waals surface area contributed by atoms with Crippen molar-refractivity contribution in [1.82, 2.24) is 0 Å². The van der Waals surface area contributed by atoms with Crippen LogP contribution in [0.1, 0.15) is 35.2 Å². The molecule has 1 saturated carbocycles. The molecule has 5 N–H and O–H groups in total. The summed E-state index contributed by atoms with van der Waals surface area (Å²) in [5.41, 5.74) is 7.27. The Balaban J connectivity index is 2.31. The van der Waals surface area contributed by atoms with Crippen molar-refractivity contribution in [3.8, 4) is 0 Å². The van der Waals surface area contributed by atoms with E-state index in [2.05, 4.69) is 5.32 Å². The van der Waals surface area contributed by atoms with Gasteiger partial charge in [0.1, 0.15) is 0 Å². The van der Waals surface area contributed by atoms with E-state index in [4.69, 9.17) is 10.8 Å². The first-order valence-corrected chi connectivity index (χ1v) is 6.00. The molecule has 1 aromatic rings. The van der Waals surface area contributed by atoms with Crippen molar-refractivity contribution in [1.29, 1.82) is 0 Å². The number of anilines is 2. The van der Waals surface area contributed by atoms with E-state index < -0.39 is 5.97 Å². The van der Waals surface area contributed by atoms with Crippen LogP contribution in [0, 0.1) is 6.92 Å². The highest BCUT2D eigenvalue weighted by molar-refractivity contribution is 5.95. The summed E-state index contributed by atoms with van der Waals surface area (Å²) in [6, 6.07) is 3.35. The summed E-state index contributed by atoms with van der Waals surface area (Å²) >= 11 is 0. The summed E-state index contributed by atoms with van der Waals surface area (Å²) in [5, 5.41) is 21.7. The zero-order valence-electron chi connectivity index (χ0n) is 10.4. The van der Waals surface area contributed by atoms with Gasteiger partial charge in [-0.3, -0.25) is 0 Å². The van der Waals surface area contributed by atoms with Gasteiger partial charge < -0.3 is 21.3 Å². The second-order valence-corrected chi connectivity index (χ2v) is 4.98. The Morgan fingerprint density at radius 1 is 1.50 bits per heavy atom. The number of nitrogens with one attached hydrogen (secondary N) is 1. The Morgan fingerprint density at radius 3 is 2.61 bits per heavy atom. The molecule has 98 valence electrons. The van der Waals surface area contributed by atoms with E-state index in [0.717, 1.165) is 24.8 Å². The third-order valence-corrected chi connectivity index (χ3v) is 3.64. The van der Waals surface area contributed by atoms with Gasteiger partial charge in [-0.2, -0.15) is 0 Å². The molecule has 0 aliphatic heterocycles. The Morgan fingerprint density at radius 2 is 2.17 bits per heavy atom. The standard InChI is InChI=1S/C13H18N2O3/c1-8-5-9(6-10(11(8)14)12(17)18)15-13(7-16)3-2-4-13/h5-6,15-16H,2-4,7,14H2,1H3,(H,17,18). The predicted octanol–water partition coefficient (Wildman–Crippen LogP) is 1.60. The minimum absolute atomic E-state index is 0.0544. The van der Waals surface area contributed by atoms with E-state index in [1.165, 1.54) is 6.07 Å². The first-order chi connectivity index (χ1) is 8.47. The number of carbonyl (C=O) groups is 1. The van der Waals surface area contributed by atoms with Crippen LogP contribution in [0.2, 0.25) is 0 Å². The summed E-state index contributed by atoms with van der Waals surface area (Å²) < 4.78 is 0. The Bertz CT molecular complexity index is 476. The molecule has 1 aliphatic carbocycles. The smallest absolute Gasteiger partial charge is 0.337 e. The lowest BCUT2D eigenvalue weighted by atomic mass is 9.77. The number of aromatic carboxylic acids is 1. The van der Waals surface area contributed by atoms with E-state index in [1.807, 2.05) is 6.07 Å². The minimum atomic E-state index is -1.04. The van der Waals surface area contributed by atoms with Crippen LogP contribution in [0.15, 0.2) is 12.1 Å². The molecule has 2 rings (SSSR count). The number of nitrogen functional groups attached to an aromatic ring is 1. The highest BCUT2D eigenvalue weighted by Gasteiger charge is 2.36. The molecule has 0 atom stereocenters. The van der Waals surface area contributed by atoms with Gasteiger partial charge in [-0.1, -0.05) is 0 Å². The molecule has 1 aliphatic rings. The third-order valence-electron chi connectivity index (χ3n) is 3.64. The lowest BCUT2D eigenvalue weighted by molar-refractivity contribution is 0.0698. The lowest BCUT2D eigenvalue weighted by Crippen LogP contribution is -2.48. The molecule has 18 heavy (non-hydrogen) atoms. The van der Waals surface area contributed by atoms with E-state index >= 15 is 0 Å². The van der Waals surface area contributed by atoms with E-state index in [1.54, 1.807) is 6.92 Å². The average Bonchev–Trinajstić information content (AvgIpc) is 2.27. The molecule has 0 spiro atoms. The Hall–Kier alpha value is -1.75. The summed E-state index contributed by atoms with van der Waals surface area (Å²) in [6.07, 6.45) is 2.87. The molecule has 0 aromatic heterocycles. The van der Waals surface area contributed by atoms with Crippen molar-refractivity contribution in [3.05, 3.63) is 23.3 Å². The second kappa shape index (κ2) is 4.49. The highest BCUT2D eigenvalue weighted by atomic mass is 16.4. The van der Waals surface area contributed by atoms with E-state index in [0.29, 0.717) is 11.4 Å². The highest BCUT2D eigenvalue weighted by Crippen LogP contribution is 2.36. The van der Waals surface area contributed by atoms with Crippen LogP contribution in [-0.4, -0.2) is 28.3 Å². The first-order valence-electron chi connectivity index (χ1n) is 6.00. The monoisotopic (exact) mass is 250 g/mol. The Kier molecular flexibility index (Phi) is 3.17. The van der Waals surface area contributed by atoms with Crippen LogP contribution in [0.3, 0.4) is 0 Å². The summed E-state index contributed by atoms with van der Waals surface area (Å²) in [7, 11) is 0. The van der Waals surface area contributed by atoms with Gasteiger partial charge in [0.2, 0.25) is 0 Å². The van der Waals surface area contributed by atoms with Gasteiger partial charge in [-0.25, -0.2) is 4.79 Å². The van der Waals surface area contributed by atoms with Gasteiger partial charge in [-0.05, 0) is 43.9 Å². The van der Waals surface area contributed by atoms with Crippen molar-refractivity contribution in [2.24, 2.45) is 0 Å². The maximum absolute atomic E-state index is 11.1. The fraction of sp³-hybridized carbons (Fsp3) is 0.462. The zero-order chi connectivity index (χ0) is 13.3. The number of rotatable bonds is 4. The number of aryl methyl sites for hydroxylation is 1. The van der Waals surface area contributed by atoms with Crippen LogP contribution in [0.4, 0.5) is 11.4 Å². The molecule has 0 amide bonds. The van der Waals surface area contributed by atoms with E-state index in [-0.39, 0.29) is 17.7 Å². The van der Waals surface area contributed by atoms with Crippen LogP contribution in [0.25, 0.3) is 0 Å². The number of benzene rings is 1. The van der Waals surface area contributed by atoms with Crippen LogP contribution in [-0.2, 0) is 0 Å². The van der Waals surface area contributed by atoms with Gasteiger partial charge in [0, 0.05) is 11.4 Å². The number of carboxylic acid groups (broad SMARTS) is 1. The molecular weight excluding hydrogens is 232 g/mol. The van der Waals surface area contributed by atoms with Gasteiger partial charge in [-0.15, -0.1) is 0 Å². The quantitative estimate of drug-likeness (QED) is 0.609. The van der Waals surface area contributed by atoms with Crippen LogP contribution < -0.4 is 11.1 Å². The van der Waals surface area contributed by atoms with Crippen LogP contribution >= 0.6 is 0 Å². The Labute approximate surface area is 106 Å². The second-order valence-electron chi connectivity index (χ2n) is 4.98. The maximum atomic E-state index is 11.1. The number of hydrogen-bond donors (Lipinski definition) is 4. The van der Waals surface area contributed by atoms with Crippen LogP contribution in [0.5, 0.6) is 0 Å². The molecule has 0 unspecified atom stereocenters. The molecule has 0 saturated heterocycles. The van der Waals surface area contributed by atoms with Crippen molar-refractivity contribution in [3.63, 3.8) is 0 Å². The maximum Gasteiger partial charge on any atom is 0.337 e. The largest absolute Gasteiger partial charge is 0.478 e. The normalized spacial score (nSPS) is 17.0. The lowest BCUT2D eigenvalue weighted by Gasteiger charge is -2.42. The molecule has 5 nitrogen and oxygen atoms in total. The summed E-state index contributed by atoms with van der Waals surface area (Å²) in [5.74, 6) is -1.04. The van der Waals surface area contributed by atoms with Gasteiger partial charge in [0.05, 0.1) is 17.7 Å². The SMILES string of the molecule is Cc1cc(NC2(CO)CCC2)cc(C(=O)O)c1N. The fourth-order valence-corrected chi connectivity index (χ4v) is 2.28. The topological polar surface area (TPSA) is 95.6 Å². The third kappa shape index (κ3) is 2.13. The first kappa shape index (κ1) is 12.7. The van der Waals surface area contributed by atoms with Gasteiger partial charge in [0.15, 0.2) is 0 Å². The molecule has 5 heteroatoms. The number of carboxylic acids is 1.